The fourth-order valence-corrected chi connectivity index (χ4v) is 10.5. The van der Waals surface area contributed by atoms with E-state index in [9.17, 15) is 0 Å². The van der Waals surface area contributed by atoms with E-state index in [1.807, 2.05) is 0 Å². The molecule has 0 N–H and O–H groups in total. The molecule has 2 aliphatic rings. The molecule has 0 spiro atoms. The summed E-state index contributed by atoms with van der Waals surface area (Å²) in [4.78, 5) is 5.03. The molecule has 9 aromatic carbocycles. The molecule has 0 aliphatic carbocycles. The van der Waals surface area contributed by atoms with Gasteiger partial charge in [0, 0.05) is 34.1 Å². The van der Waals surface area contributed by atoms with Gasteiger partial charge in [-0.15, -0.1) is 0 Å². The van der Waals surface area contributed by atoms with E-state index in [1.54, 1.807) is 0 Å². The Morgan fingerprint density at radius 2 is 0.609 bits per heavy atom. The summed E-state index contributed by atoms with van der Waals surface area (Å²) in [5, 5.41) is 5.00. The van der Waals surface area contributed by atoms with E-state index < -0.39 is 0 Å². The molecule has 314 valence electrons. The Bertz CT molecular complexity index is 2910. The summed E-state index contributed by atoms with van der Waals surface area (Å²) in [6, 6.07) is 69.4. The van der Waals surface area contributed by atoms with E-state index in [0.29, 0.717) is 0 Å². The molecule has 0 radical (unpaired) electrons. The van der Waals surface area contributed by atoms with Gasteiger partial charge in [-0.3, -0.25) is 0 Å². The number of aryl methyl sites for hydroxylation is 4. The number of fused-ring (bicyclic) bond motifs is 6. The van der Waals surface area contributed by atoms with Gasteiger partial charge in [0.05, 0.1) is 0 Å². The third-order valence-electron chi connectivity index (χ3n) is 13.9. The average Bonchev–Trinajstić information content (AvgIpc) is 3.58. The first-order valence-corrected chi connectivity index (χ1v) is 23.2. The number of hydrogen-bond acceptors (Lipinski definition) is 2. The van der Waals surface area contributed by atoms with Crippen LogP contribution >= 0.6 is 0 Å². The number of nitrogens with zero attached hydrogens (tertiary/aromatic N) is 2. The fraction of sp³-hybridized carbons (Fsp3) is 0.194. The van der Waals surface area contributed by atoms with Gasteiger partial charge in [-0.25, -0.2) is 0 Å². The van der Waals surface area contributed by atoms with Crippen molar-refractivity contribution in [1.29, 1.82) is 0 Å². The van der Waals surface area contributed by atoms with Gasteiger partial charge >= 0.3 is 0 Å². The molecule has 2 nitrogen and oxygen atoms in total. The third kappa shape index (κ3) is 6.88. The quantitative estimate of drug-likeness (QED) is 0.163. The lowest BCUT2D eigenvalue weighted by Crippen LogP contribution is -2.12. The van der Waals surface area contributed by atoms with Gasteiger partial charge in [-0.05, 0) is 162 Å². The first-order valence-electron chi connectivity index (χ1n) is 23.2. The Morgan fingerprint density at radius 1 is 0.312 bits per heavy atom. The molecular formula is C62H56N2. The second kappa shape index (κ2) is 15.4. The molecule has 2 aliphatic heterocycles. The van der Waals surface area contributed by atoms with Crippen LogP contribution in [0.3, 0.4) is 0 Å². The highest BCUT2D eigenvalue weighted by molar-refractivity contribution is 6.22. The van der Waals surface area contributed by atoms with Crippen molar-refractivity contribution in [2.75, 3.05) is 9.80 Å². The van der Waals surface area contributed by atoms with Crippen LogP contribution in [-0.2, 0) is 36.5 Å². The van der Waals surface area contributed by atoms with Crippen LogP contribution in [-0.4, -0.2) is 0 Å². The van der Waals surface area contributed by atoms with Crippen LogP contribution < -0.4 is 9.80 Å². The molecule has 64 heavy (non-hydrogen) atoms. The molecule has 0 saturated heterocycles. The molecule has 0 fully saturated rings. The highest BCUT2D eigenvalue weighted by Gasteiger charge is 2.27. The monoisotopic (exact) mass is 828 g/mol. The van der Waals surface area contributed by atoms with Crippen molar-refractivity contribution < 1.29 is 0 Å². The minimum Gasteiger partial charge on any atom is -0.310 e. The van der Waals surface area contributed by atoms with E-state index >= 15 is 0 Å². The summed E-state index contributed by atoms with van der Waals surface area (Å²) in [7, 11) is 0. The first kappa shape index (κ1) is 39.9. The average molecular weight is 829 g/mol. The van der Waals surface area contributed by atoms with Gasteiger partial charge in [0.25, 0.3) is 0 Å². The van der Waals surface area contributed by atoms with Crippen molar-refractivity contribution in [2.45, 2.75) is 78.1 Å². The zero-order chi connectivity index (χ0) is 43.7. The predicted octanol–water partition coefficient (Wildman–Crippen LogP) is 17.1. The van der Waals surface area contributed by atoms with Crippen molar-refractivity contribution in [3.8, 4) is 22.3 Å². The maximum Gasteiger partial charge on any atom is 0.0493 e. The molecule has 0 atom stereocenters. The van der Waals surface area contributed by atoms with Crippen molar-refractivity contribution in [3.63, 3.8) is 0 Å². The Kier molecular flexibility index (Phi) is 9.62. The van der Waals surface area contributed by atoms with Crippen molar-refractivity contribution in [3.05, 3.63) is 215 Å². The number of benzene rings is 9. The summed E-state index contributed by atoms with van der Waals surface area (Å²) < 4.78 is 0. The summed E-state index contributed by atoms with van der Waals surface area (Å²) in [5.41, 5.74) is 20.6. The van der Waals surface area contributed by atoms with Gasteiger partial charge in [0.1, 0.15) is 0 Å². The van der Waals surface area contributed by atoms with E-state index in [1.165, 1.54) is 111 Å². The minimum absolute atomic E-state index is 0.0428. The van der Waals surface area contributed by atoms with Crippen LogP contribution in [0.4, 0.5) is 34.1 Å². The molecule has 0 bridgehead atoms. The lowest BCUT2D eigenvalue weighted by molar-refractivity contribution is 0.590. The molecule has 0 aromatic heterocycles. The van der Waals surface area contributed by atoms with Gasteiger partial charge < -0.3 is 9.80 Å². The zero-order valence-corrected chi connectivity index (χ0v) is 38.0. The van der Waals surface area contributed by atoms with Crippen LogP contribution in [0.5, 0.6) is 0 Å². The SMILES string of the molecule is CC(C)(C)c1ccc(-c2c3ccc(N4c5ccccc5CCc5ccccc54)cc3c(-c3ccc(C(C)(C)C)cc3)c3ccc(N4c5ccccc5CCc5ccccc54)cc23)cc1. The Hall–Kier alpha value is -6.90. The molecule has 9 aromatic rings. The smallest absolute Gasteiger partial charge is 0.0493 e. The van der Waals surface area contributed by atoms with E-state index in [0.717, 1.165) is 25.7 Å². The Labute approximate surface area is 379 Å². The normalized spacial score (nSPS) is 13.8. The minimum atomic E-state index is 0.0428. The molecule has 0 unspecified atom stereocenters. The lowest BCUT2D eigenvalue weighted by atomic mass is 9.82. The number of rotatable bonds is 4. The zero-order valence-electron chi connectivity index (χ0n) is 38.0. The van der Waals surface area contributed by atoms with Crippen LogP contribution in [0.15, 0.2) is 182 Å². The van der Waals surface area contributed by atoms with Crippen molar-refractivity contribution >= 4 is 55.7 Å². The van der Waals surface area contributed by atoms with Crippen molar-refractivity contribution in [1.82, 2.24) is 0 Å². The van der Waals surface area contributed by atoms with E-state index in [4.69, 9.17) is 0 Å². The predicted molar refractivity (Wildman–Crippen MR) is 274 cm³/mol. The summed E-state index contributed by atoms with van der Waals surface area (Å²) >= 11 is 0. The second-order valence-electron chi connectivity index (χ2n) is 20.1. The highest BCUT2D eigenvalue weighted by atomic mass is 15.2. The van der Waals surface area contributed by atoms with Gasteiger partial charge in [0.15, 0.2) is 0 Å². The van der Waals surface area contributed by atoms with Gasteiger partial charge in [-0.2, -0.15) is 0 Å². The van der Waals surface area contributed by atoms with Crippen LogP contribution in [0, 0.1) is 0 Å². The fourth-order valence-electron chi connectivity index (χ4n) is 10.5. The maximum absolute atomic E-state index is 2.52. The molecule has 2 heteroatoms. The molecule has 0 saturated carbocycles. The Morgan fingerprint density at radius 3 is 0.906 bits per heavy atom. The number of hydrogen-bond donors (Lipinski definition) is 0. The molecular weight excluding hydrogens is 773 g/mol. The summed E-state index contributed by atoms with van der Waals surface area (Å²) in [6.07, 6.45) is 4.04. The Balaban J connectivity index is 1.24. The topological polar surface area (TPSA) is 6.48 Å². The van der Waals surface area contributed by atoms with Crippen LogP contribution in [0.25, 0.3) is 43.8 Å². The second-order valence-corrected chi connectivity index (χ2v) is 20.1. The lowest BCUT2D eigenvalue weighted by Gasteiger charge is -2.29. The molecule has 11 rings (SSSR count). The third-order valence-corrected chi connectivity index (χ3v) is 13.9. The van der Waals surface area contributed by atoms with Gasteiger partial charge in [0.2, 0.25) is 0 Å². The van der Waals surface area contributed by atoms with E-state index in [-0.39, 0.29) is 10.8 Å². The van der Waals surface area contributed by atoms with Crippen LogP contribution in [0.1, 0.15) is 74.9 Å². The number of anilines is 6. The molecule has 0 amide bonds. The van der Waals surface area contributed by atoms with Crippen molar-refractivity contribution in [2.24, 2.45) is 0 Å². The summed E-state index contributed by atoms with van der Waals surface area (Å²) in [5.74, 6) is 0. The van der Waals surface area contributed by atoms with Crippen LogP contribution in [0.2, 0.25) is 0 Å². The highest BCUT2D eigenvalue weighted by Crippen LogP contribution is 2.50. The first-order chi connectivity index (χ1) is 31.0. The number of para-hydroxylation sites is 4. The van der Waals surface area contributed by atoms with Gasteiger partial charge in [-0.1, -0.05) is 175 Å². The maximum atomic E-state index is 2.52. The standard InChI is InChI=1S/C62H56N2/c1-61(2,3)47-31-27-45(28-32-47)59-51-37-35-50(64-57-21-13-9-17-43(57)25-26-44-18-10-14-22-58(44)64)40-54(51)60(46-29-33-48(34-30-46)62(4,5)6)52-38-36-49(39-53(52)59)63-55-19-11-7-15-41(55)23-24-42-16-8-12-20-56(42)63/h7-22,27-40H,23-26H2,1-6H3. The summed E-state index contributed by atoms with van der Waals surface area (Å²) in [6.45, 7) is 13.8. The largest absolute Gasteiger partial charge is 0.310 e. The molecule has 2 heterocycles. The van der Waals surface area contributed by atoms with E-state index in [2.05, 4.69) is 233 Å².